The van der Waals surface area contributed by atoms with Gasteiger partial charge in [0.15, 0.2) is 0 Å². The van der Waals surface area contributed by atoms with E-state index in [2.05, 4.69) is 20.2 Å². The molecule has 3 aliphatic rings. The van der Waals surface area contributed by atoms with Crippen molar-refractivity contribution in [3.63, 3.8) is 0 Å². The van der Waals surface area contributed by atoms with E-state index in [0.29, 0.717) is 31.6 Å². The second kappa shape index (κ2) is 7.32. The summed E-state index contributed by atoms with van der Waals surface area (Å²) in [5.41, 5.74) is 0.826. The molecule has 2 amide bonds. The fourth-order valence-electron chi connectivity index (χ4n) is 4.23. The molecule has 1 spiro atoms. The van der Waals surface area contributed by atoms with Crippen LogP contribution < -0.4 is 10.2 Å². The van der Waals surface area contributed by atoms with E-state index in [0.717, 1.165) is 50.4 Å². The number of rotatable bonds is 2. The van der Waals surface area contributed by atoms with Crippen LogP contribution in [0.5, 0.6) is 0 Å². The molecule has 0 aliphatic carbocycles. The van der Waals surface area contributed by atoms with Crippen LogP contribution in [0.1, 0.15) is 54.6 Å². The van der Waals surface area contributed by atoms with Crippen LogP contribution in [0.25, 0.3) is 0 Å². The molecular formula is C19H27N5O3. The number of hydrogen-bond acceptors (Lipinski definition) is 6. The number of likely N-dealkylation sites (tertiary alicyclic amines) is 1. The number of carbonyl (C=O) groups is 2. The third-order valence-electron chi connectivity index (χ3n) is 5.88. The largest absolute Gasteiger partial charge is 0.441 e. The molecule has 4 rings (SSSR count). The fraction of sp³-hybridized carbons (Fsp3) is 0.684. The third kappa shape index (κ3) is 3.70. The molecule has 1 aromatic rings. The number of hydrogen-bond donors (Lipinski definition) is 1. The summed E-state index contributed by atoms with van der Waals surface area (Å²) in [7, 11) is 0. The van der Waals surface area contributed by atoms with Gasteiger partial charge in [-0.2, -0.15) is 0 Å². The quantitative estimate of drug-likeness (QED) is 0.852. The fourth-order valence-corrected chi connectivity index (χ4v) is 4.23. The van der Waals surface area contributed by atoms with Gasteiger partial charge in [-0.15, -0.1) is 0 Å². The van der Waals surface area contributed by atoms with Crippen LogP contribution in [0.2, 0.25) is 0 Å². The minimum atomic E-state index is -0.463. The summed E-state index contributed by atoms with van der Waals surface area (Å²) in [5.74, 6) is 0.689. The molecular weight excluding hydrogens is 346 g/mol. The maximum Gasteiger partial charge on any atom is 0.407 e. The van der Waals surface area contributed by atoms with Crippen molar-refractivity contribution in [3.05, 3.63) is 17.5 Å². The van der Waals surface area contributed by atoms with Crippen LogP contribution in [0.15, 0.2) is 6.20 Å². The minimum absolute atomic E-state index is 0.0352. The maximum absolute atomic E-state index is 13.0. The molecule has 27 heavy (non-hydrogen) atoms. The second-order valence-electron chi connectivity index (χ2n) is 7.79. The zero-order valence-electron chi connectivity index (χ0n) is 15.9. The molecule has 1 N–H and O–H groups in total. The molecule has 8 heteroatoms. The molecule has 0 unspecified atom stereocenters. The molecule has 0 saturated carbocycles. The number of anilines is 1. The summed E-state index contributed by atoms with van der Waals surface area (Å²) < 4.78 is 5.49. The summed E-state index contributed by atoms with van der Waals surface area (Å²) in [4.78, 5) is 37.6. The smallest absolute Gasteiger partial charge is 0.407 e. The van der Waals surface area contributed by atoms with E-state index in [4.69, 9.17) is 4.74 Å². The van der Waals surface area contributed by atoms with Crippen molar-refractivity contribution in [2.75, 3.05) is 37.6 Å². The van der Waals surface area contributed by atoms with E-state index in [9.17, 15) is 9.59 Å². The Morgan fingerprint density at radius 2 is 1.96 bits per heavy atom. The van der Waals surface area contributed by atoms with Crippen LogP contribution in [-0.4, -0.2) is 65.2 Å². The van der Waals surface area contributed by atoms with Gasteiger partial charge in [0.1, 0.15) is 5.60 Å². The van der Waals surface area contributed by atoms with E-state index >= 15 is 0 Å². The summed E-state index contributed by atoms with van der Waals surface area (Å²) >= 11 is 0. The molecule has 3 fully saturated rings. The lowest BCUT2D eigenvalue weighted by atomic mass is 9.95. The van der Waals surface area contributed by atoms with Crippen molar-refractivity contribution in [1.29, 1.82) is 0 Å². The maximum atomic E-state index is 13.0. The van der Waals surface area contributed by atoms with Crippen LogP contribution in [0.3, 0.4) is 0 Å². The number of aryl methyl sites for hydroxylation is 1. The van der Waals surface area contributed by atoms with Gasteiger partial charge in [0, 0.05) is 38.8 Å². The number of nitrogens with one attached hydrogen (secondary N) is 1. The average Bonchev–Trinajstić information content (AvgIpc) is 2.92. The van der Waals surface area contributed by atoms with E-state index in [1.807, 2.05) is 11.8 Å². The lowest BCUT2D eigenvalue weighted by molar-refractivity contribution is 0.0438. The zero-order valence-corrected chi connectivity index (χ0v) is 15.9. The van der Waals surface area contributed by atoms with E-state index < -0.39 is 5.60 Å². The number of carbonyl (C=O) groups excluding carboxylic acids is 2. The Morgan fingerprint density at radius 3 is 2.67 bits per heavy atom. The monoisotopic (exact) mass is 373 g/mol. The van der Waals surface area contributed by atoms with Crippen molar-refractivity contribution < 1.29 is 14.3 Å². The van der Waals surface area contributed by atoms with Crippen molar-refractivity contribution in [2.24, 2.45) is 0 Å². The zero-order chi connectivity index (χ0) is 18.9. The van der Waals surface area contributed by atoms with E-state index in [-0.39, 0.29) is 12.0 Å². The van der Waals surface area contributed by atoms with Crippen molar-refractivity contribution in [2.45, 2.75) is 51.0 Å². The number of amides is 2. The van der Waals surface area contributed by atoms with Gasteiger partial charge in [0.25, 0.3) is 5.91 Å². The Balaban J connectivity index is 1.45. The first kappa shape index (κ1) is 18.0. The number of ether oxygens (including phenoxy) is 1. The predicted octanol–water partition coefficient (Wildman–Crippen LogP) is 1.88. The van der Waals surface area contributed by atoms with Crippen molar-refractivity contribution >= 4 is 17.9 Å². The molecule has 3 saturated heterocycles. The Morgan fingerprint density at radius 1 is 1.15 bits per heavy atom. The highest BCUT2D eigenvalue weighted by Crippen LogP contribution is 2.30. The Labute approximate surface area is 159 Å². The minimum Gasteiger partial charge on any atom is -0.441 e. The normalized spacial score (nSPS) is 25.9. The van der Waals surface area contributed by atoms with Crippen molar-refractivity contribution in [3.8, 4) is 0 Å². The molecule has 0 bridgehead atoms. The van der Waals surface area contributed by atoms with Gasteiger partial charge in [-0.05, 0) is 39.0 Å². The van der Waals surface area contributed by atoms with Gasteiger partial charge in [-0.1, -0.05) is 0 Å². The third-order valence-corrected chi connectivity index (χ3v) is 5.88. The highest BCUT2D eigenvalue weighted by Gasteiger charge is 2.42. The van der Waals surface area contributed by atoms with Crippen LogP contribution >= 0.6 is 0 Å². The van der Waals surface area contributed by atoms with Crippen LogP contribution in [0.4, 0.5) is 10.7 Å². The Hall–Kier alpha value is -2.38. The molecule has 3 aliphatic heterocycles. The molecule has 8 nitrogen and oxygen atoms in total. The molecule has 0 aromatic carbocycles. The van der Waals surface area contributed by atoms with E-state index in [1.165, 1.54) is 6.42 Å². The number of alkyl carbamates (subject to hydrolysis) is 1. The summed E-state index contributed by atoms with van der Waals surface area (Å²) in [6.07, 6.45) is 7.15. The highest BCUT2D eigenvalue weighted by molar-refractivity contribution is 5.95. The lowest BCUT2D eigenvalue weighted by Crippen LogP contribution is -2.37. The second-order valence-corrected chi connectivity index (χ2v) is 7.79. The first-order valence-electron chi connectivity index (χ1n) is 9.91. The first-order valence-corrected chi connectivity index (χ1v) is 9.91. The highest BCUT2D eigenvalue weighted by atomic mass is 16.6. The number of nitrogens with zero attached hydrogens (tertiary/aromatic N) is 4. The van der Waals surface area contributed by atoms with Crippen molar-refractivity contribution in [1.82, 2.24) is 20.2 Å². The SMILES string of the molecule is Cc1nc(N2CCCCC2)ncc1C(=O)N1CCC[C@@]2(CC1)CNC(=O)O2. The molecule has 4 heterocycles. The summed E-state index contributed by atoms with van der Waals surface area (Å²) in [5, 5.41) is 2.74. The standard InChI is InChI=1S/C19H27N5O3/c1-14-15(12-20-17(22-14)24-8-3-2-4-9-24)16(25)23-10-5-6-19(7-11-23)13-21-18(26)27-19/h12H,2-11,13H2,1H3,(H,21,26)/t19-/m1/s1. The first-order chi connectivity index (χ1) is 13.1. The van der Waals surface area contributed by atoms with E-state index in [1.54, 1.807) is 6.20 Å². The topological polar surface area (TPSA) is 87.7 Å². The van der Waals surface area contributed by atoms with Gasteiger partial charge in [0.2, 0.25) is 5.95 Å². The van der Waals surface area contributed by atoms with Crippen LogP contribution in [0, 0.1) is 6.92 Å². The van der Waals surface area contributed by atoms with Gasteiger partial charge in [0.05, 0.1) is 17.8 Å². The van der Waals surface area contributed by atoms with Gasteiger partial charge in [-0.25, -0.2) is 14.8 Å². The molecule has 146 valence electrons. The van der Waals surface area contributed by atoms with Gasteiger partial charge in [-0.3, -0.25) is 4.79 Å². The predicted molar refractivity (Wildman–Crippen MR) is 99.8 cm³/mol. The Bertz CT molecular complexity index is 734. The Kier molecular flexibility index (Phi) is 4.88. The average molecular weight is 373 g/mol. The molecule has 1 atom stereocenters. The lowest BCUT2D eigenvalue weighted by Gasteiger charge is -2.27. The van der Waals surface area contributed by atoms with Gasteiger partial charge >= 0.3 is 6.09 Å². The summed E-state index contributed by atoms with van der Waals surface area (Å²) in [6, 6.07) is 0. The van der Waals surface area contributed by atoms with Gasteiger partial charge < -0.3 is 19.9 Å². The molecule has 0 radical (unpaired) electrons. The van der Waals surface area contributed by atoms with Crippen LogP contribution in [-0.2, 0) is 4.74 Å². The number of aromatic nitrogens is 2. The summed E-state index contributed by atoms with van der Waals surface area (Å²) in [6.45, 7) is 5.60. The molecule has 1 aromatic heterocycles. The number of piperidine rings is 1.